The molecule has 174 valence electrons. The minimum absolute atomic E-state index is 0.00728. The predicted molar refractivity (Wildman–Crippen MR) is 128 cm³/mol. The van der Waals surface area contributed by atoms with Crippen molar-refractivity contribution in [3.05, 3.63) is 48.2 Å². The first kappa shape index (κ1) is 22.8. The van der Waals surface area contributed by atoms with Crippen LogP contribution in [0.3, 0.4) is 0 Å². The van der Waals surface area contributed by atoms with Crippen molar-refractivity contribution < 1.29 is 9.90 Å². The quantitative estimate of drug-likeness (QED) is 0.613. The Balaban J connectivity index is 1.29. The Morgan fingerprint density at radius 2 is 1.78 bits per heavy atom. The van der Waals surface area contributed by atoms with Gasteiger partial charge in [0.1, 0.15) is 11.4 Å². The van der Waals surface area contributed by atoms with Crippen molar-refractivity contribution in [1.29, 1.82) is 0 Å². The van der Waals surface area contributed by atoms with Crippen LogP contribution in [0.25, 0.3) is 0 Å². The molecule has 0 spiro atoms. The third-order valence-electron chi connectivity index (χ3n) is 6.96. The van der Waals surface area contributed by atoms with Gasteiger partial charge in [0.15, 0.2) is 0 Å². The van der Waals surface area contributed by atoms with Crippen LogP contribution in [0.15, 0.2) is 48.2 Å². The van der Waals surface area contributed by atoms with E-state index in [9.17, 15) is 9.90 Å². The fraction of sp³-hybridized carbons (Fsp3) is 0.560. The highest BCUT2D eigenvalue weighted by atomic mass is 16.3. The van der Waals surface area contributed by atoms with E-state index < -0.39 is 0 Å². The second-order valence-electron chi connectivity index (χ2n) is 9.31. The van der Waals surface area contributed by atoms with Gasteiger partial charge in [0.2, 0.25) is 0 Å². The Hall–Kier alpha value is -2.35. The van der Waals surface area contributed by atoms with Gasteiger partial charge in [-0.05, 0) is 77.0 Å². The van der Waals surface area contributed by atoms with Gasteiger partial charge >= 0.3 is 0 Å². The third-order valence-corrected chi connectivity index (χ3v) is 6.96. The lowest BCUT2D eigenvalue weighted by atomic mass is 10.0. The van der Waals surface area contributed by atoms with Gasteiger partial charge in [0.25, 0.3) is 5.91 Å². The summed E-state index contributed by atoms with van der Waals surface area (Å²) in [7, 11) is 0. The van der Waals surface area contributed by atoms with E-state index in [-0.39, 0.29) is 17.8 Å². The number of carbonyl (C=O) groups excluding carboxylic acids is 1. The molecular weight excluding hydrogens is 402 g/mol. The summed E-state index contributed by atoms with van der Waals surface area (Å²) < 4.78 is 0. The number of dihydropyridines is 1. The second-order valence-corrected chi connectivity index (χ2v) is 9.31. The van der Waals surface area contributed by atoms with Crippen molar-refractivity contribution in [3.8, 4) is 5.75 Å². The van der Waals surface area contributed by atoms with E-state index in [0.717, 1.165) is 32.6 Å². The Morgan fingerprint density at radius 3 is 2.53 bits per heavy atom. The third kappa shape index (κ3) is 5.52. The van der Waals surface area contributed by atoms with Crippen LogP contribution in [0.1, 0.15) is 33.1 Å². The number of likely N-dealkylation sites (tertiary alicyclic amines) is 1. The first-order valence-electron chi connectivity index (χ1n) is 12.0. The van der Waals surface area contributed by atoms with Crippen molar-refractivity contribution in [2.24, 2.45) is 0 Å². The SMILES string of the molecule is CC(C)N1CCC(N2CCCN(C3C=CC=C(C(=O)Nc4ccccc4O)N3)CC2)CC1. The van der Waals surface area contributed by atoms with E-state index in [1.54, 1.807) is 30.3 Å². The summed E-state index contributed by atoms with van der Waals surface area (Å²) in [5.74, 6) is -0.176. The molecule has 3 aliphatic heterocycles. The van der Waals surface area contributed by atoms with Gasteiger partial charge in [-0.1, -0.05) is 18.2 Å². The highest BCUT2D eigenvalue weighted by Gasteiger charge is 2.29. The van der Waals surface area contributed by atoms with Gasteiger partial charge < -0.3 is 20.6 Å². The van der Waals surface area contributed by atoms with E-state index in [4.69, 9.17) is 0 Å². The fourth-order valence-corrected chi connectivity index (χ4v) is 5.00. The summed E-state index contributed by atoms with van der Waals surface area (Å²) >= 11 is 0. The number of benzene rings is 1. The minimum atomic E-state index is -0.241. The van der Waals surface area contributed by atoms with Crippen molar-refractivity contribution in [2.45, 2.75) is 51.4 Å². The lowest BCUT2D eigenvalue weighted by Gasteiger charge is -2.39. The molecule has 1 aromatic rings. The van der Waals surface area contributed by atoms with Crippen LogP contribution in [-0.4, -0.2) is 83.2 Å². The minimum Gasteiger partial charge on any atom is -0.506 e. The normalized spacial score (nSPS) is 24.1. The zero-order chi connectivity index (χ0) is 22.5. The van der Waals surface area contributed by atoms with E-state index in [1.165, 1.54) is 25.9 Å². The van der Waals surface area contributed by atoms with E-state index in [0.29, 0.717) is 23.5 Å². The molecule has 0 saturated carbocycles. The molecule has 3 N–H and O–H groups in total. The molecule has 0 bridgehead atoms. The van der Waals surface area contributed by atoms with Gasteiger partial charge in [-0.2, -0.15) is 0 Å². The molecule has 1 unspecified atom stereocenters. The Kier molecular flexibility index (Phi) is 7.50. The maximum atomic E-state index is 12.7. The average Bonchev–Trinajstić information content (AvgIpc) is 3.07. The smallest absolute Gasteiger partial charge is 0.271 e. The maximum Gasteiger partial charge on any atom is 0.271 e. The average molecular weight is 440 g/mol. The number of nitrogens with one attached hydrogen (secondary N) is 2. The zero-order valence-electron chi connectivity index (χ0n) is 19.3. The van der Waals surface area contributed by atoms with Crippen LogP contribution < -0.4 is 10.6 Å². The Labute approximate surface area is 191 Å². The van der Waals surface area contributed by atoms with E-state index in [2.05, 4.69) is 45.3 Å². The first-order valence-corrected chi connectivity index (χ1v) is 12.0. The molecule has 2 fully saturated rings. The molecule has 7 nitrogen and oxygen atoms in total. The summed E-state index contributed by atoms with van der Waals surface area (Å²) in [6.07, 6.45) is 9.53. The van der Waals surface area contributed by atoms with Gasteiger partial charge in [0.05, 0.1) is 11.9 Å². The summed E-state index contributed by atoms with van der Waals surface area (Å²) in [5, 5.41) is 16.1. The number of piperidine rings is 1. The van der Waals surface area contributed by atoms with Gasteiger partial charge in [0, 0.05) is 31.7 Å². The van der Waals surface area contributed by atoms with Gasteiger partial charge in [-0.15, -0.1) is 0 Å². The van der Waals surface area contributed by atoms with E-state index in [1.807, 2.05) is 6.08 Å². The molecule has 1 atom stereocenters. The standard InChI is InChI=1S/C25H37N5O2/c1-19(2)28-15-11-20(12-16-28)29-13-6-14-30(18-17-29)24-10-5-8-22(26-24)25(32)27-21-7-3-4-9-23(21)31/h3-5,7-10,19-20,24,26,31H,6,11-18H2,1-2H3,(H,27,32). The van der Waals surface area contributed by atoms with Crippen LogP contribution in [0, 0.1) is 0 Å². The molecule has 1 aromatic carbocycles. The lowest BCUT2D eigenvalue weighted by Crippen LogP contribution is -2.50. The number of carbonyl (C=O) groups is 1. The van der Waals surface area contributed by atoms with Gasteiger partial charge in [-0.3, -0.25) is 14.6 Å². The molecule has 4 rings (SSSR count). The van der Waals surface area contributed by atoms with Gasteiger partial charge in [-0.25, -0.2) is 0 Å². The van der Waals surface area contributed by atoms with Crippen LogP contribution in [0.4, 0.5) is 5.69 Å². The van der Waals surface area contributed by atoms with Crippen LogP contribution >= 0.6 is 0 Å². The lowest BCUT2D eigenvalue weighted by molar-refractivity contribution is -0.113. The molecular formula is C25H37N5O2. The first-order chi connectivity index (χ1) is 15.5. The number of anilines is 1. The summed E-state index contributed by atoms with van der Waals surface area (Å²) in [6, 6.07) is 8.12. The molecule has 7 heteroatoms. The van der Waals surface area contributed by atoms with Crippen LogP contribution in [-0.2, 0) is 4.79 Å². The second kappa shape index (κ2) is 10.5. The number of allylic oxidation sites excluding steroid dienone is 2. The number of hydrogen-bond donors (Lipinski definition) is 3. The number of rotatable bonds is 5. The van der Waals surface area contributed by atoms with Crippen LogP contribution in [0.2, 0.25) is 0 Å². The van der Waals surface area contributed by atoms with Crippen molar-refractivity contribution in [1.82, 2.24) is 20.0 Å². The number of phenolic OH excluding ortho intramolecular Hbond substituents is 1. The van der Waals surface area contributed by atoms with Crippen molar-refractivity contribution in [3.63, 3.8) is 0 Å². The highest BCUT2D eigenvalue weighted by molar-refractivity contribution is 6.04. The van der Waals surface area contributed by atoms with E-state index >= 15 is 0 Å². The predicted octanol–water partition coefficient (Wildman–Crippen LogP) is 2.58. The largest absolute Gasteiger partial charge is 0.506 e. The number of nitrogens with zero attached hydrogens (tertiary/aromatic N) is 3. The molecule has 0 radical (unpaired) electrons. The Bertz CT molecular complexity index is 844. The summed E-state index contributed by atoms with van der Waals surface area (Å²) in [5.41, 5.74) is 0.933. The molecule has 0 aromatic heterocycles. The number of hydrogen-bond acceptors (Lipinski definition) is 6. The number of amides is 1. The van der Waals surface area contributed by atoms with Crippen LogP contribution in [0.5, 0.6) is 5.75 Å². The molecule has 0 aliphatic carbocycles. The summed E-state index contributed by atoms with van der Waals surface area (Å²) in [6.45, 7) is 11.2. The highest BCUT2D eigenvalue weighted by Crippen LogP contribution is 2.23. The van der Waals surface area contributed by atoms with Crippen molar-refractivity contribution in [2.75, 3.05) is 44.6 Å². The Morgan fingerprint density at radius 1 is 1.06 bits per heavy atom. The van der Waals surface area contributed by atoms with Crippen molar-refractivity contribution >= 4 is 11.6 Å². The number of aromatic hydroxyl groups is 1. The zero-order valence-corrected chi connectivity index (χ0v) is 19.3. The number of phenols is 1. The molecule has 1 amide bonds. The topological polar surface area (TPSA) is 71.1 Å². The molecule has 3 aliphatic rings. The fourth-order valence-electron chi connectivity index (χ4n) is 5.00. The maximum absolute atomic E-state index is 12.7. The summed E-state index contributed by atoms with van der Waals surface area (Å²) in [4.78, 5) is 20.4. The molecule has 3 heterocycles. The number of para-hydroxylation sites is 2. The molecule has 2 saturated heterocycles. The monoisotopic (exact) mass is 439 g/mol. The molecule has 32 heavy (non-hydrogen) atoms.